The van der Waals surface area contributed by atoms with Gasteiger partial charge in [-0.15, -0.1) is 0 Å². The minimum atomic E-state index is -0.310. The molecule has 2 heteroatoms. The van der Waals surface area contributed by atoms with Crippen LogP contribution in [0.4, 0.5) is 0 Å². The Bertz CT molecular complexity index is 415. The Morgan fingerprint density at radius 3 is 2.53 bits per heavy atom. The van der Waals surface area contributed by atoms with Crippen LogP contribution in [0.5, 0.6) is 0 Å². The zero-order valence-electron chi connectivity index (χ0n) is 8.70. The Morgan fingerprint density at radius 1 is 1.27 bits per heavy atom. The molecule has 0 spiro atoms. The summed E-state index contributed by atoms with van der Waals surface area (Å²) in [4.78, 5) is 0. The minimum absolute atomic E-state index is 0.310. The van der Waals surface area contributed by atoms with Crippen LogP contribution < -0.4 is 5.73 Å². The highest BCUT2D eigenvalue weighted by atomic mass is 35.5. The quantitative estimate of drug-likeness (QED) is 0.771. The molecular weight excluding hydrogens is 206 g/mol. The normalized spacial score (nSPS) is 25.8. The topological polar surface area (TPSA) is 26.0 Å². The third kappa shape index (κ3) is 2.31. The average molecular weight is 220 g/mol. The molecule has 2 N–H and O–H groups in total. The second-order valence-electron chi connectivity index (χ2n) is 4.20. The van der Waals surface area contributed by atoms with Crippen molar-refractivity contribution in [3.05, 3.63) is 53.1 Å². The van der Waals surface area contributed by atoms with Crippen molar-refractivity contribution in [3.8, 4) is 0 Å². The van der Waals surface area contributed by atoms with Crippen LogP contribution in [0.2, 0.25) is 0 Å². The summed E-state index contributed by atoms with van der Waals surface area (Å²) >= 11 is 6.25. The van der Waals surface area contributed by atoms with Gasteiger partial charge in [-0.3, -0.25) is 0 Å². The molecule has 1 aliphatic carbocycles. The summed E-state index contributed by atoms with van der Waals surface area (Å²) in [7, 11) is 0. The molecule has 1 aromatic carbocycles. The van der Waals surface area contributed by atoms with E-state index in [1.807, 2.05) is 37.3 Å². The number of hydrogen-bond acceptors (Lipinski definition) is 1. The van der Waals surface area contributed by atoms with E-state index in [-0.39, 0.29) is 5.54 Å². The van der Waals surface area contributed by atoms with Crippen LogP contribution in [-0.2, 0) is 0 Å². The molecule has 2 rings (SSSR count). The molecule has 1 nitrogen and oxygen atoms in total. The number of halogens is 1. The fraction of sp³-hybridized carbons (Fsp3) is 0.231. The first-order valence-corrected chi connectivity index (χ1v) is 5.38. The van der Waals surface area contributed by atoms with Crippen LogP contribution in [0.3, 0.4) is 0 Å². The number of nitrogens with two attached hydrogens (primary N) is 1. The summed E-state index contributed by atoms with van der Waals surface area (Å²) in [6.45, 7) is 1.98. The van der Waals surface area contributed by atoms with Gasteiger partial charge in [0.25, 0.3) is 0 Å². The number of rotatable bonds is 1. The van der Waals surface area contributed by atoms with Crippen molar-refractivity contribution in [3.63, 3.8) is 0 Å². The van der Waals surface area contributed by atoms with Gasteiger partial charge in [0.2, 0.25) is 0 Å². The minimum Gasteiger partial charge on any atom is -0.322 e. The molecule has 0 aromatic heterocycles. The number of hydrogen-bond donors (Lipinski definition) is 1. The highest BCUT2D eigenvalue weighted by Gasteiger charge is 2.22. The molecule has 0 fully saturated rings. The van der Waals surface area contributed by atoms with Gasteiger partial charge < -0.3 is 5.73 Å². The molecule has 0 heterocycles. The maximum atomic E-state index is 6.25. The first-order valence-electron chi connectivity index (χ1n) is 5.01. The van der Waals surface area contributed by atoms with Crippen LogP contribution in [0, 0.1) is 0 Å². The summed E-state index contributed by atoms with van der Waals surface area (Å²) in [6, 6.07) is 10.1. The van der Waals surface area contributed by atoms with E-state index in [9.17, 15) is 0 Å². The lowest BCUT2D eigenvalue weighted by Crippen LogP contribution is -2.34. The van der Waals surface area contributed by atoms with Gasteiger partial charge in [-0.25, -0.2) is 0 Å². The molecule has 0 radical (unpaired) electrons. The molecule has 0 aliphatic heterocycles. The lowest BCUT2D eigenvalue weighted by atomic mass is 9.89. The van der Waals surface area contributed by atoms with Crippen LogP contribution in [0.1, 0.15) is 18.9 Å². The Morgan fingerprint density at radius 2 is 1.93 bits per heavy atom. The second kappa shape index (κ2) is 3.84. The Balaban J connectivity index is 2.37. The van der Waals surface area contributed by atoms with Gasteiger partial charge in [-0.1, -0.05) is 54.1 Å². The van der Waals surface area contributed by atoms with Crippen molar-refractivity contribution in [2.24, 2.45) is 5.73 Å². The fourth-order valence-corrected chi connectivity index (χ4v) is 2.18. The third-order valence-corrected chi connectivity index (χ3v) is 2.88. The summed E-state index contributed by atoms with van der Waals surface area (Å²) < 4.78 is 0. The first-order chi connectivity index (χ1) is 7.08. The molecule has 1 atom stereocenters. The molecule has 1 unspecified atom stereocenters. The SMILES string of the molecule is CC1(N)C=CC(c2ccccc2)=C(Cl)C1. The van der Waals surface area contributed by atoms with E-state index in [1.54, 1.807) is 0 Å². The van der Waals surface area contributed by atoms with E-state index in [1.165, 1.54) is 0 Å². The van der Waals surface area contributed by atoms with E-state index in [0.29, 0.717) is 6.42 Å². The van der Waals surface area contributed by atoms with E-state index >= 15 is 0 Å². The Kier molecular flexibility index (Phi) is 2.68. The smallest absolute Gasteiger partial charge is 0.0363 e. The molecule has 0 saturated carbocycles. The van der Waals surface area contributed by atoms with Crippen LogP contribution >= 0.6 is 11.6 Å². The van der Waals surface area contributed by atoms with Gasteiger partial charge in [-0.2, -0.15) is 0 Å². The summed E-state index contributed by atoms with van der Waals surface area (Å²) in [5.41, 5.74) is 7.92. The average Bonchev–Trinajstić information content (AvgIpc) is 2.17. The third-order valence-electron chi connectivity index (χ3n) is 2.54. The standard InChI is InChI=1S/C13H14ClN/c1-13(15)8-7-11(12(14)9-13)10-5-3-2-4-6-10/h2-8H,9,15H2,1H3. The first kappa shape index (κ1) is 10.5. The largest absolute Gasteiger partial charge is 0.322 e. The molecule has 0 saturated heterocycles. The molecule has 1 aromatic rings. The number of allylic oxidation sites excluding steroid dienone is 2. The lowest BCUT2D eigenvalue weighted by molar-refractivity contribution is 0.586. The van der Waals surface area contributed by atoms with Gasteiger partial charge in [0.15, 0.2) is 0 Å². The molecule has 0 bridgehead atoms. The maximum Gasteiger partial charge on any atom is 0.0363 e. The molecular formula is C13H14ClN. The van der Waals surface area contributed by atoms with Crippen molar-refractivity contribution < 1.29 is 0 Å². The van der Waals surface area contributed by atoms with Gasteiger partial charge in [0.05, 0.1) is 0 Å². The van der Waals surface area contributed by atoms with E-state index in [0.717, 1.165) is 16.2 Å². The fourth-order valence-electron chi connectivity index (χ4n) is 1.72. The Labute approximate surface area is 95.2 Å². The zero-order valence-corrected chi connectivity index (χ0v) is 9.46. The van der Waals surface area contributed by atoms with Crippen molar-refractivity contribution in [2.75, 3.05) is 0 Å². The molecule has 0 amide bonds. The van der Waals surface area contributed by atoms with Crippen LogP contribution in [0.15, 0.2) is 47.5 Å². The molecule has 1 aliphatic rings. The summed E-state index contributed by atoms with van der Waals surface area (Å²) in [5, 5.41) is 0.841. The molecule has 15 heavy (non-hydrogen) atoms. The summed E-state index contributed by atoms with van der Waals surface area (Å²) in [6.07, 6.45) is 4.73. The van der Waals surface area contributed by atoms with Crippen molar-refractivity contribution >= 4 is 17.2 Å². The van der Waals surface area contributed by atoms with E-state index < -0.39 is 0 Å². The monoisotopic (exact) mass is 219 g/mol. The highest BCUT2D eigenvalue weighted by molar-refractivity contribution is 6.33. The lowest BCUT2D eigenvalue weighted by Gasteiger charge is -2.25. The maximum absolute atomic E-state index is 6.25. The highest BCUT2D eigenvalue weighted by Crippen LogP contribution is 2.33. The van der Waals surface area contributed by atoms with Crippen LogP contribution in [-0.4, -0.2) is 5.54 Å². The van der Waals surface area contributed by atoms with Gasteiger partial charge >= 0.3 is 0 Å². The Hall–Kier alpha value is -1.05. The zero-order chi connectivity index (χ0) is 10.9. The predicted molar refractivity (Wildman–Crippen MR) is 65.6 cm³/mol. The second-order valence-corrected chi connectivity index (χ2v) is 4.66. The van der Waals surface area contributed by atoms with Crippen LogP contribution in [0.25, 0.3) is 5.57 Å². The molecule has 78 valence electrons. The van der Waals surface area contributed by atoms with E-state index in [4.69, 9.17) is 17.3 Å². The van der Waals surface area contributed by atoms with Crippen molar-refractivity contribution in [1.29, 1.82) is 0 Å². The number of benzene rings is 1. The van der Waals surface area contributed by atoms with Gasteiger partial charge in [0, 0.05) is 17.0 Å². The summed E-state index contributed by atoms with van der Waals surface area (Å²) in [5.74, 6) is 0. The van der Waals surface area contributed by atoms with Crippen molar-refractivity contribution in [2.45, 2.75) is 18.9 Å². The van der Waals surface area contributed by atoms with Gasteiger partial charge in [0.1, 0.15) is 0 Å². The predicted octanol–water partition coefficient (Wildman–Crippen LogP) is 3.31. The van der Waals surface area contributed by atoms with Gasteiger partial charge in [-0.05, 0) is 18.1 Å². The van der Waals surface area contributed by atoms with E-state index in [2.05, 4.69) is 12.1 Å². The van der Waals surface area contributed by atoms with Crippen molar-refractivity contribution in [1.82, 2.24) is 0 Å².